The van der Waals surface area contributed by atoms with Crippen LogP contribution in [-0.2, 0) is 0 Å². The number of rotatable bonds is 4. The second-order valence-electron chi connectivity index (χ2n) is 7.33. The molecule has 2 N–H and O–H groups in total. The minimum atomic E-state index is 0. The Morgan fingerprint density at radius 3 is 2.88 bits per heavy atom. The van der Waals surface area contributed by atoms with Gasteiger partial charge in [-0.1, -0.05) is 31.4 Å². The summed E-state index contributed by atoms with van der Waals surface area (Å²) in [7, 11) is 1.84. The maximum absolute atomic E-state index is 6.26. The van der Waals surface area contributed by atoms with E-state index >= 15 is 0 Å². The summed E-state index contributed by atoms with van der Waals surface area (Å²) in [5.41, 5.74) is 0.417. The lowest BCUT2D eigenvalue weighted by atomic mass is 9.89. The molecule has 3 rings (SSSR count). The van der Waals surface area contributed by atoms with Crippen LogP contribution < -0.4 is 15.5 Å². The molecule has 5 nitrogen and oxygen atoms in total. The molecule has 1 aromatic rings. The van der Waals surface area contributed by atoms with Crippen molar-refractivity contribution < 1.29 is 0 Å². The van der Waals surface area contributed by atoms with E-state index in [-0.39, 0.29) is 24.0 Å². The van der Waals surface area contributed by atoms with Crippen LogP contribution in [-0.4, -0.2) is 43.7 Å². The zero-order valence-corrected chi connectivity index (χ0v) is 18.2. The van der Waals surface area contributed by atoms with Gasteiger partial charge < -0.3 is 15.5 Å². The zero-order chi connectivity index (χ0) is 17.0. The topological polar surface area (TPSA) is 52.6 Å². The first-order valence-corrected chi connectivity index (χ1v) is 9.30. The van der Waals surface area contributed by atoms with Crippen LogP contribution in [0.3, 0.4) is 0 Å². The monoisotopic (exact) mass is 477 g/mol. The van der Waals surface area contributed by atoms with Gasteiger partial charge in [-0.25, -0.2) is 4.98 Å². The van der Waals surface area contributed by atoms with Crippen molar-refractivity contribution in [3.63, 3.8) is 0 Å². The Labute approximate surface area is 173 Å². The highest BCUT2D eigenvalue weighted by molar-refractivity contribution is 14.0. The van der Waals surface area contributed by atoms with Gasteiger partial charge in [-0.15, -0.1) is 24.0 Å². The number of pyridine rings is 1. The molecule has 1 aliphatic heterocycles. The predicted molar refractivity (Wildman–Crippen MR) is 116 cm³/mol. The van der Waals surface area contributed by atoms with E-state index in [0.717, 1.165) is 42.9 Å². The van der Waals surface area contributed by atoms with Crippen LogP contribution in [0.1, 0.15) is 39.0 Å². The van der Waals surface area contributed by atoms with Crippen LogP contribution in [0.2, 0.25) is 5.02 Å². The Hall–Kier alpha value is -0.760. The van der Waals surface area contributed by atoms with Crippen molar-refractivity contribution in [2.45, 2.75) is 45.1 Å². The van der Waals surface area contributed by atoms with E-state index in [4.69, 9.17) is 11.6 Å². The van der Waals surface area contributed by atoms with E-state index < -0.39 is 0 Å². The van der Waals surface area contributed by atoms with Crippen LogP contribution >= 0.6 is 35.6 Å². The van der Waals surface area contributed by atoms with Crippen molar-refractivity contribution in [2.75, 3.05) is 31.6 Å². The third-order valence-corrected chi connectivity index (χ3v) is 5.58. The summed E-state index contributed by atoms with van der Waals surface area (Å²) >= 11 is 6.26. The average Bonchev–Trinajstić information content (AvgIpc) is 3.21. The molecule has 0 spiro atoms. The molecule has 7 heteroatoms. The van der Waals surface area contributed by atoms with Crippen molar-refractivity contribution >= 4 is 47.4 Å². The van der Waals surface area contributed by atoms with Gasteiger partial charge >= 0.3 is 0 Å². The third-order valence-electron chi connectivity index (χ3n) is 5.28. The van der Waals surface area contributed by atoms with Gasteiger partial charge in [-0.05, 0) is 36.8 Å². The summed E-state index contributed by atoms with van der Waals surface area (Å²) in [6.07, 6.45) is 8.19. The first-order chi connectivity index (χ1) is 11.6. The molecular formula is C18H29ClIN5. The SMILES string of the molecule is CN=C(NCC1(C)CCCC1)NC1CCN(c2ncccc2Cl)C1.I. The fourth-order valence-electron chi connectivity index (χ4n) is 3.77. The van der Waals surface area contributed by atoms with Gasteiger partial charge in [0, 0.05) is 38.9 Å². The minimum Gasteiger partial charge on any atom is -0.356 e. The second-order valence-corrected chi connectivity index (χ2v) is 7.74. The van der Waals surface area contributed by atoms with Crippen molar-refractivity contribution in [3.8, 4) is 0 Å². The molecule has 1 aromatic heterocycles. The minimum absolute atomic E-state index is 0. The maximum Gasteiger partial charge on any atom is 0.191 e. The lowest BCUT2D eigenvalue weighted by Crippen LogP contribution is -2.47. The van der Waals surface area contributed by atoms with Crippen LogP contribution in [0.5, 0.6) is 0 Å². The van der Waals surface area contributed by atoms with Crippen molar-refractivity contribution in [3.05, 3.63) is 23.4 Å². The maximum atomic E-state index is 6.26. The molecule has 1 atom stereocenters. The van der Waals surface area contributed by atoms with Crippen LogP contribution in [0.4, 0.5) is 5.82 Å². The number of aliphatic imine (C=N–C) groups is 1. The molecule has 0 amide bonds. The largest absolute Gasteiger partial charge is 0.356 e. The Bertz CT molecular complexity index is 589. The highest BCUT2D eigenvalue weighted by atomic mass is 127. The number of hydrogen-bond acceptors (Lipinski definition) is 3. The van der Waals surface area contributed by atoms with Crippen molar-refractivity contribution in [1.82, 2.24) is 15.6 Å². The zero-order valence-electron chi connectivity index (χ0n) is 15.1. The molecule has 2 heterocycles. The second kappa shape index (κ2) is 9.26. The first-order valence-electron chi connectivity index (χ1n) is 8.92. The summed E-state index contributed by atoms with van der Waals surface area (Å²) in [4.78, 5) is 11.0. The van der Waals surface area contributed by atoms with Crippen LogP contribution in [0, 0.1) is 5.41 Å². The molecular weight excluding hydrogens is 449 g/mol. The Morgan fingerprint density at radius 1 is 1.44 bits per heavy atom. The normalized spacial score (nSPS) is 22.6. The fourth-order valence-corrected chi connectivity index (χ4v) is 4.01. The number of anilines is 1. The molecule has 1 unspecified atom stereocenters. The average molecular weight is 478 g/mol. The summed E-state index contributed by atoms with van der Waals surface area (Å²) in [6, 6.07) is 4.13. The molecule has 0 bridgehead atoms. The quantitative estimate of drug-likeness (QED) is 0.395. The van der Waals surface area contributed by atoms with Gasteiger partial charge in [0.25, 0.3) is 0 Å². The Kier molecular flexibility index (Phi) is 7.61. The van der Waals surface area contributed by atoms with Gasteiger partial charge in [0.15, 0.2) is 5.96 Å². The number of halogens is 2. The smallest absolute Gasteiger partial charge is 0.191 e. The van der Waals surface area contributed by atoms with Crippen LogP contribution in [0.25, 0.3) is 0 Å². The summed E-state index contributed by atoms with van der Waals surface area (Å²) in [5.74, 6) is 1.78. The summed E-state index contributed by atoms with van der Waals surface area (Å²) < 4.78 is 0. The highest BCUT2D eigenvalue weighted by Gasteiger charge is 2.29. The van der Waals surface area contributed by atoms with E-state index in [1.807, 2.05) is 19.2 Å². The fraction of sp³-hybridized carbons (Fsp3) is 0.667. The molecule has 140 valence electrons. The lowest BCUT2D eigenvalue weighted by molar-refractivity contribution is 0.333. The van der Waals surface area contributed by atoms with Gasteiger partial charge in [0.05, 0.1) is 5.02 Å². The number of nitrogens with zero attached hydrogens (tertiary/aromatic N) is 3. The van der Waals surface area contributed by atoms with Crippen LogP contribution in [0.15, 0.2) is 23.3 Å². The summed E-state index contributed by atoms with van der Waals surface area (Å²) in [5, 5.41) is 7.79. The Balaban J connectivity index is 0.00000225. The van der Waals surface area contributed by atoms with E-state index in [0.29, 0.717) is 11.5 Å². The number of nitrogens with one attached hydrogen (secondary N) is 2. The molecule has 25 heavy (non-hydrogen) atoms. The van der Waals surface area contributed by atoms with Gasteiger partial charge in [0.1, 0.15) is 5.82 Å². The number of hydrogen-bond donors (Lipinski definition) is 2. The van der Waals surface area contributed by atoms with E-state index in [2.05, 4.69) is 32.4 Å². The highest BCUT2D eigenvalue weighted by Crippen LogP contribution is 2.36. The summed E-state index contributed by atoms with van der Waals surface area (Å²) in [6.45, 7) is 5.23. The molecule has 1 saturated heterocycles. The first kappa shape index (κ1) is 20.6. The third kappa shape index (κ3) is 5.36. The predicted octanol–water partition coefficient (Wildman–Crippen LogP) is 3.68. The molecule has 0 radical (unpaired) electrons. The molecule has 2 fully saturated rings. The van der Waals surface area contributed by atoms with Crippen molar-refractivity contribution in [2.24, 2.45) is 10.4 Å². The lowest BCUT2D eigenvalue weighted by Gasteiger charge is -2.26. The Morgan fingerprint density at radius 2 is 2.20 bits per heavy atom. The van der Waals surface area contributed by atoms with Gasteiger partial charge in [0.2, 0.25) is 0 Å². The molecule has 0 aromatic carbocycles. The number of guanidine groups is 1. The molecule has 1 aliphatic carbocycles. The van der Waals surface area contributed by atoms with Gasteiger partial charge in [-0.2, -0.15) is 0 Å². The van der Waals surface area contributed by atoms with Crippen molar-refractivity contribution in [1.29, 1.82) is 0 Å². The number of aromatic nitrogens is 1. The molecule has 2 aliphatic rings. The molecule has 1 saturated carbocycles. The van der Waals surface area contributed by atoms with E-state index in [9.17, 15) is 0 Å². The standard InChI is InChI=1S/C18H28ClN5.HI/c1-18(8-3-4-9-18)13-22-17(20-2)23-14-7-11-24(12-14)16-15(19)6-5-10-21-16;/h5-6,10,14H,3-4,7-9,11-13H2,1-2H3,(H2,20,22,23);1H. The van der Waals surface area contributed by atoms with E-state index in [1.54, 1.807) is 6.20 Å². The van der Waals surface area contributed by atoms with Gasteiger partial charge in [-0.3, -0.25) is 4.99 Å². The van der Waals surface area contributed by atoms with E-state index in [1.165, 1.54) is 25.7 Å².